The highest BCUT2D eigenvalue weighted by molar-refractivity contribution is 9.10. The molecule has 0 unspecified atom stereocenters. The van der Waals surface area contributed by atoms with Crippen LogP contribution in [0.1, 0.15) is 5.56 Å². The van der Waals surface area contributed by atoms with E-state index in [0.29, 0.717) is 11.3 Å². The first kappa shape index (κ1) is 13.2. The molecule has 19 heavy (non-hydrogen) atoms. The number of carboxylic acids is 1. The maximum atomic E-state index is 10.4. The van der Waals surface area contributed by atoms with E-state index in [0.717, 1.165) is 10.5 Å². The van der Waals surface area contributed by atoms with Crippen molar-refractivity contribution in [2.75, 3.05) is 0 Å². The maximum Gasteiger partial charge on any atom is 0.328 e. The van der Waals surface area contributed by atoms with Crippen LogP contribution in [0.15, 0.2) is 47.2 Å². The van der Waals surface area contributed by atoms with Crippen LogP contribution in [0.4, 0.5) is 0 Å². The van der Waals surface area contributed by atoms with Crippen molar-refractivity contribution in [3.8, 4) is 11.8 Å². The van der Waals surface area contributed by atoms with Gasteiger partial charge in [0, 0.05) is 28.5 Å². The number of ether oxygens (including phenoxy) is 1. The molecule has 6 heteroatoms. The molecule has 0 atom stereocenters. The fraction of sp³-hybridized carbons (Fsp3) is 0. The molecular weight excluding hydrogens is 312 g/mol. The van der Waals surface area contributed by atoms with E-state index in [1.165, 1.54) is 18.5 Å². The van der Waals surface area contributed by atoms with Gasteiger partial charge in [-0.1, -0.05) is 15.9 Å². The summed E-state index contributed by atoms with van der Waals surface area (Å²) in [6.07, 6.45) is 5.40. The summed E-state index contributed by atoms with van der Waals surface area (Å²) in [5, 5.41) is 8.49. The molecule has 1 heterocycles. The van der Waals surface area contributed by atoms with Crippen LogP contribution < -0.4 is 4.74 Å². The van der Waals surface area contributed by atoms with Gasteiger partial charge in [0.25, 0.3) is 0 Å². The molecule has 0 bridgehead atoms. The van der Waals surface area contributed by atoms with Crippen LogP contribution in [-0.2, 0) is 4.79 Å². The SMILES string of the molecule is O=C(O)/C=C/c1cnc(Oc2ccc(Br)cc2)nc1. The molecule has 1 aromatic heterocycles. The largest absolute Gasteiger partial charge is 0.478 e. The van der Waals surface area contributed by atoms with E-state index < -0.39 is 5.97 Å². The van der Waals surface area contributed by atoms with Crippen molar-refractivity contribution in [1.82, 2.24) is 9.97 Å². The summed E-state index contributed by atoms with van der Waals surface area (Å²) < 4.78 is 6.38. The van der Waals surface area contributed by atoms with Gasteiger partial charge in [0.15, 0.2) is 0 Å². The molecule has 0 saturated carbocycles. The highest BCUT2D eigenvalue weighted by Gasteiger charge is 2.00. The normalized spacial score (nSPS) is 10.6. The van der Waals surface area contributed by atoms with E-state index in [2.05, 4.69) is 25.9 Å². The van der Waals surface area contributed by atoms with Gasteiger partial charge >= 0.3 is 12.0 Å². The summed E-state index contributed by atoms with van der Waals surface area (Å²) in [6.45, 7) is 0. The Labute approximate surface area is 117 Å². The summed E-state index contributed by atoms with van der Waals surface area (Å²) in [5.74, 6) is -0.396. The molecule has 2 aromatic rings. The first-order valence-corrected chi connectivity index (χ1v) is 6.09. The highest BCUT2D eigenvalue weighted by Crippen LogP contribution is 2.20. The Morgan fingerprint density at radius 1 is 1.21 bits per heavy atom. The lowest BCUT2D eigenvalue weighted by Crippen LogP contribution is -1.92. The Kier molecular flexibility index (Phi) is 4.25. The van der Waals surface area contributed by atoms with Crippen LogP contribution >= 0.6 is 15.9 Å². The third-order valence-electron chi connectivity index (χ3n) is 2.09. The van der Waals surface area contributed by atoms with E-state index in [4.69, 9.17) is 9.84 Å². The summed E-state index contributed by atoms with van der Waals surface area (Å²) in [4.78, 5) is 18.3. The Morgan fingerprint density at radius 2 is 1.84 bits per heavy atom. The topological polar surface area (TPSA) is 72.3 Å². The predicted octanol–water partition coefficient (Wildman–Crippen LogP) is 3.13. The summed E-state index contributed by atoms with van der Waals surface area (Å²) in [7, 11) is 0. The van der Waals surface area contributed by atoms with Gasteiger partial charge in [-0.3, -0.25) is 0 Å². The first-order valence-electron chi connectivity index (χ1n) is 5.30. The zero-order valence-electron chi connectivity index (χ0n) is 9.65. The van der Waals surface area contributed by atoms with Crippen LogP contribution in [0.2, 0.25) is 0 Å². The molecule has 2 rings (SSSR count). The molecule has 0 saturated heterocycles. The molecule has 0 aliphatic carbocycles. The molecule has 0 radical (unpaired) electrons. The number of carboxylic acid groups (broad SMARTS) is 1. The number of aliphatic carboxylic acids is 1. The van der Waals surface area contributed by atoms with Crippen molar-refractivity contribution >= 4 is 28.0 Å². The van der Waals surface area contributed by atoms with Crippen LogP contribution in [0.3, 0.4) is 0 Å². The Balaban J connectivity index is 2.06. The van der Waals surface area contributed by atoms with Crippen LogP contribution in [0.5, 0.6) is 11.8 Å². The number of aromatic nitrogens is 2. The van der Waals surface area contributed by atoms with Crippen LogP contribution in [0, 0.1) is 0 Å². The molecular formula is C13H9BrN2O3. The van der Waals surface area contributed by atoms with Gasteiger partial charge in [-0.25, -0.2) is 14.8 Å². The molecule has 0 aliphatic heterocycles. The highest BCUT2D eigenvalue weighted by atomic mass is 79.9. The number of carbonyl (C=O) groups is 1. The maximum absolute atomic E-state index is 10.4. The first-order chi connectivity index (χ1) is 9.13. The second-order valence-corrected chi connectivity index (χ2v) is 4.44. The molecule has 1 N–H and O–H groups in total. The third kappa shape index (κ3) is 4.18. The van der Waals surface area contributed by atoms with Gasteiger partial charge in [0.2, 0.25) is 0 Å². The van der Waals surface area contributed by atoms with Crippen molar-refractivity contribution in [2.45, 2.75) is 0 Å². The van der Waals surface area contributed by atoms with Gasteiger partial charge in [-0.05, 0) is 30.3 Å². The Morgan fingerprint density at radius 3 is 2.42 bits per heavy atom. The van der Waals surface area contributed by atoms with Crippen LogP contribution in [-0.4, -0.2) is 21.0 Å². The standard InChI is InChI=1S/C13H9BrN2O3/c14-10-2-4-11(5-3-10)19-13-15-7-9(8-16-13)1-6-12(17)18/h1-8H,(H,17,18)/b6-1+. The van der Waals surface area contributed by atoms with E-state index in [1.807, 2.05) is 12.1 Å². The minimum Gasteiger partial charge on any atom is -0.478 e. The average Bonchev–Trinajstić information content (AvgIpc) is 2.40. The van der Waals surface area contributed by atoms with Gasteiger partial charge in [-0.15, -0.1) is 0 Å². The van der Waals surface area contributed by atoms with Crippen molar-refractivity contribution in [3.05, 3.63) is 52.8 Å². The number of halogens is 1. The minimum absolute atomic E-state index is 0.204. The fourth-order valence-corrected chi connectivity index (χ4v) is 1.50. The molecule has 96 valence electrons. The van der Waals surface area contributed by atoms with Gasteiger partial charge in [0.05, 0.1) is 0 Å². The second-order valence-electron chi connectivity index (χ2n) is 3.53. The van der Waals surface area contributed by atoms with Gasteiger partial charge < -0.3 is 9.84 Å². The van der Waals surface area contributed by atoms with Gasteiger partial charge in [-0.2, -0.15) is 0 Å². The number of rotatable bonds is 4. The molecule has 0 aliphatic rings. The third-order valence-corrected chi connectivity index (χ3v) is 2.62. The zero-order chi connectivity index (χ0) is 13.7. The molecule has 5 nitrogen and oxygen atoms in total. The average molecular weight is 321 g/mol. The summed E-state index contributed by atoms with van der Waals surface area (Å²) in [5.41, 5.74) is 0.588. The van der Waals surface area contributed by atoms with Crippen molar-refractivity contribution in [1.29, 1.82) is 0 Å². The molecule has 0 amide bonds. The fourth-order valence-electron chi connectivity index (χ4n) is 1.24. The quantitative estimate of drug-likeness (QED) is 0.876. The lowest BCUT2D eigenvalue weighted by Gasteiger charge is -2.03. The number of nitrogens with zero attached hydrogens (tertiary/aromatic N) is 2. The summed E-state index contributed by atoms with van der Waals surface area (Å²) in [6, 6.07) is 7.46. The van der Waals surface area contributed by atoms with Crippen molar-refractivity contribution in [2.24, 2.45) is 0 Å². The number of hydrogen-bond acceptors (Lipinski definition) is 4. The Hall–Kier alpha value is -2.21. The lowest BCUT2D eigenvalue weighted by molar-refractivity contribution is -0.131. The predicted molar refractivity (Wildman–Crippen MR) is 72.9 cm³/mol. The van der Waals surface area contributed by atoms with Crippen LogP contribution in [0.25, 0.3) is 6.08 Å². The summed E-state index contributed by atoms with van der Waals surface area (Å²) >= 11 is 3.33. The zero-order valence-corrected chi connectivity index (χ0v) is 11.2. The number of benzene rings is 1. The minimum atomic E-state index is -1.02. The van der Waals surface area contributed by atoms with Crippen molar-refractivity contribution < 1.29 is 14.6 Å². The smallest absolute Gasteiger partial charge is 0.328 e. The van der Waals surface area contributed by atoms with E-state index in [-0.39, 0.29) is 6.01 Å². The Bertz CT molecular complexity index is 594. The monoisotopic (exact) mass is 320 g/mol. The van der Waals surface area contributed by atoms with E-state index in [1.54, 1.807) is 12.1 Å². The van der Waals surface area contributed by atoms with E-state index >= 15 is 0 Å². The lowest BCUT2D eigenvalue weighted by atomic mass is 10.3. The molecule has 0 spiro atoms. The van der Waals surface area contributed by atoms with Gasteiger partial charge in [0.1, 0.15) is 5.75 Å². The molecule has 1 aromatic carbocycles. The van der Waals surface area contributed by atoms with E-state index in [9.17, 15) is 4.79 Å². The number of hydrogen-bond donors (Lipinski definition) is 1. The van der Waals surface area contributed by atoms with Crippen molar-refractivity contribution in [3.63, 3.8) is 0 Å². The second kappa shape index (κ2) is 6.10. The molecule has 0 fully saturated rings.